The minimum Gasteiger partial charge on any atom is -0.397 e. The maximum Gasteiger partial charge on any atom is 0.140 e. The first-order valence-electron chi connectivity index (χ1n) is 5.93. The number of hydrogen-bond acceptors (Lipinski definition) is 4. The van der Waals surface area contributed by atoms with Crippen LogP contribution in [0.3, 0.4) is 0 Å². The van der Waals surface area contributed by atoms with Crippen molar-refractivity contribution in [3.05, 3.63) is 16.2 Å². The number of hydrogen-bond donors (Lipinski definition) is 3. The molecule has 4 N–H and O–H groups in total. The molecular formula is C12H18BrN3O. The van der Waals surface area contributed by atoms with Gasteiger partial charge in [-0.15, -0.1) is 0 Å². The highest BCUT2D eigenvalue weighted by atomic mass is 79.9. The van der Waals surface area contributed by atoms with Gasteiger partial charge in [-0.2, -0.15) is 0 Å². The van der Waals surface area contributed by atoms with Gasteiger partial charge in [0.1, 0.15) is 5.82 Å². The molecule has 0 radical (unpaired) electrons. The Kier molecular flexibility index (Phi) is 3.89. The Morgan fingerprint density at radius 2 is 2.06 bits per heavy atom. The van der Waals surface area contributed by atoms with Crippen molar-refractivity contribution in [2.24, 2.45) is 0 Å². The van der Waals surface area contributed by atoms with Crippen LogP contribution in [0, 0.1) is 6.92 Å². The van der Waals surface area contributed by atoms with Crippen LogP contribution in [0.4, 0.5) is 11.5 Å². The summed E-state index contributed by atoms with van der Waals surface area (Å²) in [4.78, 5) is 4.31. The molecule has 1 aromatic rings. The van der Waals surface area contributed by atoms with Gasteiger partial charge in [0.05, 0.1) is 22.5 Å². The smallest absolute Gasteiger partial charge is 0.140 e. The van der Waals surface area contributed by atoms with Crippen LogP contribution in [-0.2, 0) is 0 Å². The summed E-state index contributed by atoms with van der Waals surface area (Å²) in [7, 11) is 0. The Morgan fingerprint density at radius 3 is 2.71 bits per heavy atom. The SMILES string of the molecule is Cc1c(N)cnc(NC2CCC(O)CC2)c1Br. The lowest BCUT2D eigenvalue weighted by Gasteiger charge is -2.27. The fourth-order valence-electron chi connectivity index (χ4n) is 2.11. The second-order valence-corrected chi connectivity index (χ2v) is 5.44. The van der Waals surface area contributed by atoms with Gasteiger partial charge in [-0.1, -0.05) is 0 Å². The molecule has 1 aliphatic rings. The van der Waals surface area contributed by atoms with E-state index >= 15 is 0 Å². The zero-order chi connectivity index (χ0) is 12.4. The van der Waals surface area contributed by atoms with Crippen LogP contribution in [0.2, 0.25) is 0 Å². The topological polar surface area (TPSA) is 71.2 Å². The van der Waals surface area contributed by atoms with Gasteiger partial charge in [0.2, 0.25) is 0 Å². The highest BCUT2D eigenvalue weighted by molar-refractivity contribution is 9.10. The predicted octanol–water partition coefficient (Wildman–Crippen LogP) is 2.45. The van der Waals surface area contributed by atoms with E-state index in [4.69, 9.17) is 5.73 Å². The summed E-state index contributed by atoms with van der Waals surface area (Å²) < 4.78 is 0.934. The van der Waals surface area contributed by atoms with Crippen molar-refractivity contribution in [3.63, 3.8) is 0 Å². The summed E-state index contributed by atoms with van der Waals surface area (Å²) in [5.41, 5.74) is 7.50. The first kappa shape index (κ1) is 12.6. The molecule has 1 aliphatic carbocycles. The average Bonchev–Trinajstić information content (AvgIpc) is 2.33. The Morgan fingerprint density at radius 1 is 1.41 bits per heavy atom. The van der Waals surface area contributed by atoms with Crippen LogP contribution in [0.5, 0.6) is 0 Å². The van der Waals surface area contributed by atoms with Crippen molar-refractivity contribution >= 4 is 27.4 Å². The lowest BCUT2D eigenvalue weighted by molar-refractivity contribution is 0.126. The maximum atomic E-state index is 9.46. The molecule has 94 valence electrons. The Balaban J connectivity index is 2.06. The number of rotatable bonds is 2. The van der Waals surface area contributed by atoms with Gasteiger partial charge in [-0.3, -0.25) is 0 Å². The molecule has 4 nitrogen and oxygen atoms in total. The molecule has 1 saturated carbocycles. The summed E-state index contributed by atoms with van der Waals surface area (Å²) in [6.45, 7) is 1.97. The number of nitrogens with one attached hydrogen (secondary N) is 1. The fraction of sp³-hybridized carbons (Fsp3) is 0.583. The van der Waals surface area contributed by atoms with Gasteiger partial charge in [0, 0.05) is 6.04 Å². The van der Waals surface area contributed by atoms with Crippen LogP contribution in [0.15, 0.2) is 10.7 Å². The van der Waals surface area contributed by atoms with Gasteiger partial charge in [-0.25, -0.2) is 4.98 Å². The van der Waals surface area contributed by atoms with E-state index in [-0.39, 0.29) is 6.10 Å². The normalized spacial score (nSPS) is 24.6. The molecule has 0 aromatic carbocycles. The number of aliphatic hydroxyl groups is 1. The molecule has 1 heterocycles. The molecule has 2 rings (SSSR count). The molecule has 0 spiro atoms. The number of aliphatic hydroxyl groups excluding tert-OH is 1. The minimum absolute atomic E-state index is 0.127. The Labute approximate surface area is 110 Å². The highest BCUT2D eigenvalue weighted by Gasteiger charge is 2.20. The second kappa shape index (κ2) is 5.23. The van der Waals surface area contributed by atoms with Crippen molar-refractivity contribution < 1.29 is 5.11 Å². The van der Waals surface area contributed by atoms with Crippen molar-refractivity contribution in [2.75, 3.05) is 11.1 Å². The van der Waals surface area contributed by atoms with Crippen LogP contribution < -0.4 is 11.1 Å². The minimum atomic E-state index is -0.127. The van der Waals surface area contributed by atoms with Gasteiger partial charge in [-0.05, 0) is 54.1 Å². The number of nitrogen functional groups attached to an aromatic ring is 1. The number of halogens is 1. The Hall–Kier alpha value is -0.810. The number of anilines is 2. The molecule has 0 unspecified atom stereocenters. The molecule has 1 fully saturated rings. The first-order chi connectivity index (χ1) is 8.08. The van der Waals surface area contributed by atoms with Crippen LogP contribution in [0.1, 0.15) is 31.2 Å². The van der Waals surface area contributed by atoms with E-state index in [0.29, 0.717) is 11.7 Å². The van der Waals surface area contributed by atoms with Crippen LogP contribution in [0.25, 0.3) is 0 Å². The molecule has 0 bridgehead atoms. The third-order valence-corrected chi connectivity index (χ3v) is 4.31. The molecule has 1 aromatic heterocycles. The van der Waals surface area contributed by atoms with Gasteiger partial charge < -0.3 is 16.2 Å². The van der Waals surface area contributed by atoms with Crippen LogP contribution in [-0.4, -0.2) is 22.2 Å². The van der Waals surface area contributed by atoms with E-state index in [1.165, 1.54) is 0 Å². The summed E-state index contributed by atoms with van der Waals surface area (Å²) >= 11 is 3.52. The second-order valence-electron chi connectivity index (χ2n) is 4.65. The standard InChI is InChI=1S/C12H18BrN3O/c1-7-10(14)6-15-12(11(7)13)16-8-2-4-9(17)5-3-8/h6,8-9,17H,2-5,14H2,1H3,(H,15,16). The van der Waals surface area contributed by atoms with E-state index in [9.17, 15) is 5.11 Å². The van der Waals surface area contributed by atoms with E-state index in [0.717, 1.165) is 41.5 Å². The quantitative estimate of drug-likeness (QED) is 0.784. The lowest BCUT2D eigenvalue weighted by Crippen LogP contribution is -2.28. The van der Waals surface area contributed by atoms with Crippen molar-refractivity contribution in [2.45, 2.75) is 44.8 Å². The summed E-state index contributed by atoms with van der Waals surface area (Å²) in [5, 5.41) is 12.9. The van der Waals surface area contributed by atoms with Crippen molar-refractivity contribution in [1.29, 1.82) is 0 Å². The zero-order valence-corrected chi connectivity index (χ0v) is 11.5. The van der Waals surface area contributed by atoms with Crippen molar-refractivity contribution in [3.8, 4) is 0 Å². The molecule has 5 heteroatoms. The van der Waals surface area contributed by atoms with Crippen LogP contribution >= 0.6 is 15.9 Å². The third kappa shape index (κ3) is 2.90. The summed E-state index contributed by atoms with van der Waals surface area (Å²) in [6.07, 6.45) is 5.25. The predicted molar refractivity (Wildman–Crippen MR) is 73.0 cm³/mol. The van der Waals surface area contributed by atoms with Gasteiger partial charge >= 0.3 is 0 Å². The third-order valence-electron chi connectivity index (χ3n) is 3.34. The molecule has 0 atom stereocenters. The molecule has 0 aliphatic heterocycles. The lowest BCUT2D eigenvalue weighted by atomic mass is 9.93. The molecule has 17 heavy (non-hydrogen) atoms. The maximum absolute atomic E-state index is 9.46. The molecular weight excluding hydrogens is 282 g/mol. The number of aromatic nitrogens is 1. The Bertz CT molecular complexity index is 403. The van der Waals surface area contributed by atoms with E-state index in [1.807, 2.05) is 6.92 Å². The number of nitrogens with two attached hydrogens (primary N) is 1. The number of nitrogens with zero attached hydrogens (tertiary/aromatic N) is 1. The van der Waals surface area contributed by atoms with E-state index < -0.39 is 0 Å². The highest BCUT2D eigenvalue weighted by Crippen LogP contribution is 2.30. The van der Waals surface area contributed by atoms with Gasteiger partial charge in [0.15, 0.2) is 0 Å². The van der Waals surface area contributed by atoms with E-state index in [2.05, 4.69) is 26.2 Å². The van der Waals surface area contributed by atoms with Crippen molar-refractivity contribution in [1.82, 2.24) is 4.98 Å². The fourth-order valence-corrected chi connectivity index (χ4v) is 2.55. The monoisotopic (exact) mass is 299 g/mol. The average molecular weight is 300 g/mol. The summed E-state index contributed by atoms with van der Waals surface area (Å²) in [6, 6.07) is 0.394. The zero-order valence-electron chi connectivity index (χ0n) is 9.91. The van der Waals surface area contributed by atoms with E-state index in [1.54, 1.807) is 6.20 Å². The molecule has 0 amide bonds. The molecule has 0 saturated heterocycles. The first-order valence-corrected chi connectivity index (χ1v) is 6.72. The number of pyridine rings is 1. The largest absolute Gasteiger partial charge is 0.397 e. The van der Waals surface area contributed by atoms with Gasteiger partial charge in [0.25, 0.3) is 0 Å². The summed E-state index contributed by atoms with van der Waals surface area (Å²) in [5.74, 6) is 0.845.